The molecule has 0 amide bonds. The van der Waals surface area contributed by atoms with E-state index in [1.165, 1.54) is 16.4 Å². The maximum Gasteiger partial charge on any atom is 0.244 e. The highest BCUT2D eigenvalue weighted by Gasteiger charge is 2.31. The molecule has 1 aromatic carbocycles. The number of sulfonamides is 1. The summed E-state index contributed by atoms with van der Waals surface area (Å²) in [4.78, 5) is -0.00284. The fourth-order valence-corrected chi connectivity index (χ4v) is 4.41. The summed E-state index contributed by atoms with van der Waals surface area (Å²) in [5.74, 6) is 0. The predicted octanol–water partition coefficient (Wildman–Crippen LogP) is 2.38. The molecule has 0 unspecified atom stereocenters. The first kappa shape index (κ1) is 15.9. The molecule has 5 nitrogen and oxygen atoms in total. The Morgan fingerprint density at radius 1 is 1.30 bits per heavy atom. The van der Waals surface area contributed by atoms with Gasteiger partial charge in [0.1, 0.15) is 4.90 Å². The second-order valence-electron chi connectivity index (χ2n) is 4.61. The molecule has 0 bridgehead atoms. The second-order valence-corrected chi connectivity index (χ2v) is 7.30. The standard InChI is InChI=1S/C12H16Cl2N2O3S/c1-19-8-4-6-16(7-5-8)20(17,18)10-3-2-9(13)12(15)11(10)14/h2-3,8H,4-7,15H2,1H3. The molecule has 0 aliphatic carbocycles. The number of piperidine rings is 1. The van der Waals surface area contributed by atoms with Gasteiger partial charge in [-0.1, -0.05) is 23.2 Å². The minimum atomic E-state index is -3.66. The van der Waals surface area contributed by atoms with Crippen molar-refractivity contribution in [2.75, 3.05) is 25.9 Å². The van der Waals surface area contributed by atoms with E-state index in [1.54, 1.807) is 7.11 Å². The summed E-state index contributed by atoms with van der Waals surface area (Å²) in [5.41, 5.74) is 5.77. The summed E-state index contributed by atoms with van der Waals surface area (Å²) >= 11 is 11.8. The van der Waals surface area contributed by atoms with E-state index in [0.717, 1.165) is 0 Å². The van der Waals surface area contributed by atoms with Gasteiger partial charge in [-0.05, 0) is 25.0 Å². The average Bonchev–Trinajstić information content (AvgIpc) is 2.44. The summed E-state index contributed by atoms with van der Waals surface area (Å²) in [6.45, 7) is 0.805. The normalized spacial score (nSPS) is 18.4. The van der Waals surface area contributed by atoms with E-state index >= 15 is 0 Å². The zero-order chi connectivity index (χ0) is 14.9. The summed E-state index contributed by atoms with van der Waals surface area (Å²) in [5, 5.41) is 0.221. The molecule has 0 atom stereocenters. The third-order valence-corrected chi connectivity index (χ3v) is 6.23. The van der Waals surface area contributed by atoms with Crippen LogP contribution in [0.4, 0.5) is 5.69 Å². The van der Waals surface area contributed by atoms with E-state index in [2.05, 4.69) is 0 Å². The van der Waals surface area contributed by atoms with Crippen LogP contribution >= 0.6 is 23.2 Å². The van der Waals surface area contributed by atoms with Crippen LogP contribution in [0.3, 0.4) is 0 Å². The summed E-state index contributed by atoms with van der Waals surface area (Å²) in [7, 11) is -2.03. The number of halogens is 2. The third-order valence-electron chi connectivity index (χ3n) is 3.44. The quantitative estimate of drug-likeness (QED) is 0.858. The zero-order valence-corrected chi connectivity index (χ0v) is 13.3. The van der Waals surface area contributed by atoms with Crippen molar-refractivity contribution < 1.29 is 13.2 Å². The van der Waals surface area contributed by atoms with Gasteiger partial charge in [-0.15, -0.1) is 0 Å². The Morgan fingerprint density at radius 2 is 1.90 bits per heavy atom. The van der Waals surface area contributed by atoms with E-state index in [0.29, 0.717) is 25.9 Å². The molecule has 1 aliphatic heterocycles. The van der Waals surface area contributed by atoms with Crippen molar-refractivity contribution in [2.45, 2.75) is 23.8 Å². The number of anilines is 1. The van der Waals surface area contributed by atoms with E-state index in [-0.39, 0.29) is 26.7 Å². The number of hydrogen-bond donors (Lipinski definition) is 1. The summed E-state index contributed by atoms with van der Waals surface area (Å²) in [6, 6.07) is 2.83. The molecule has 20 heavy (non-hydrogen) atoms. The molecule has 0 aromatic heterocycles. The lowest BCUT2D eigenvalue weighted by atomic mass is 10.1. The van der Waals surface area contributed by atoms with Crippen molar-refractivity contribution in [3.63, 3.8) is 0 Å². The van der Waals surface area contributed by atoms with Gasteiger partial charge >= 0.3 is 0 Å². The van der Waals surface area contributed by atoms with Crippen molar-refractivity contribution in [3.8, 4) is 0 Å². The molecular formula is C12H16Cl2N2O3S. The van der Waals surface area contributed by atoms with Gasteiger partial charge in [-0.3, -0.25) is 0 Å². The van der Waals surface area contributed by atoms with Gasteiger partial charge in [0.05, 0.1) is 21.8 Å². The molecule has 2 rings (SSSR count). The first-order valence-corrected chi connectivity index (χ1v) is 8.34. The minimum Gasteiger partial charge on any atom is -0.396 e. The van der Waals surface area contributed by atoms with E-state index < -0.39 is 10.0 Å². The summed E-state index contributed by atoms with van der Waals surface area (Å²) < 4.78 is 31.8. The first-order valence-electron chi connectivity index (χ1n) is 6.14. The minimum absolute atomic E-state index is 0.00284. The van der Waals surface area contributed by atoms with Crippen molar-refractivity contribution in [3.05, 3.63) is 22.2 Å². The second kappa shape index (κ2) is 6.07. The Hall–Kier alpha value is -0.530. The number of nitrogen functional groups attached to an aromatic ring is 1. The average molecular weight is 339 g/mol. The van der Waals surface area contributed by atoms with Crippen LogP contribution < -0.4 is 5.73 Å². The monoisotopic (exact) mass is 338 g/mol. The highest BCUT2D eigenvalue weighted by atomic mass is 35.5. The van der Waals surface area contributed by atoms with Crippen LogP contribution in [0.25, 0.3) is 0 Å². The fraction of sp³-hybridized carbons (Fsp3) is 0.500. The highest BCUT2D eigenvalue weighted by Crippen LogP contribution is 2.35. The number of ether oxygens (including phenoxy) is 1. The van der Waals surface area contributed by atoms with Gasteiger partial charge in [0.2, 0.25) is 10.0 Å². The Labute approximate surface area is 128 Å². The number of methoxy groups -OCH3 is 1. The number of nitrogens with two attached hydrogens (primary N) is 1. The lowest BCUT2D eigenvalue weighted by molar-refractivity contribution is 0.0604. The van der Waals surface area contributed by atoms with Crippen molar-refractivity contribution in [2.24, 2.45) is 0 Å². The molecule has 0 radical (unpaired) electrons. The Balaban J connectivity index is 2.30. The summed E-state index contributed by atoms with van der Waals surface area (Å²) in [6.07, 6.45) is 1.43. The maximum atomic E-state index is 12.6. The first-order chi connectivity index (χ1) is 9.37. The number of nitrogens with zero attached hydrogens (tertiary/aromatic N) is 1. The Bertz CT molecular complexity index is 599. The topological polar surface area (TPSA) is 72.6 Å². The van der Waals surface area contributed by atoms with E-state index in [9.17, 15) is 8.42 Å². The molecule has 1 heterocycles. The van der Waals surface area contributed by atoms with Crippen LogP contribution in [-0.4, -0.2) is 39.0 Å². The molecule has 0 saturated carbocycles. The molecule has 8 heteroatoms. The largest absolute Gasteiger partial charge is 0.396 e. The van der Waals surface area contributed by atoms with Crippen molar-refractivity contribution in [1.82, 2.24) is 4.31 Å². The molecule has 2 N–H and O–H groups in total. The smallest absolute Gasteiger partial charge is 0.244 e. The molecule has 1 fully saturated rings. The van der Waals surface area contributed by atoms with E-state index in [1.807, 2.05) is 0 Å². The van der Waals surface area contributed by atoms with Crippen LogP contribution in [-0.2, 0) is 14.8 Å². The van der Waals surface area contributed by atoms with Gasteiger partial charge in [-0.25, -0.2) is 8.42 Å². The van der Waals surface area contributed by atoms with Gasteiger partial charge in [0.15, 0.2) is 0 Å². The van der Waals surface area contributed by atoms with E-state index in [4.69, 9.17) is 33.7 Å². The molecular weight excluding hydrogens is 323 g/mol. The predicted molar refractivity (Wildman–Crippen MR) is 79.7 cm³/mol. The number of hydrogen-bond acceptors (Lipinski definition) is 4. The molecule has 1 aromatic rings. The number of benzene rings is 1. The molecule has 1 aliphatic rings. The van der Waals surface area contributed by atoms with Gasteiger partial charge in [0.25, 0.3) is 0 Å². The van der Waals surface area contributed by atoms with Gasteiger partial charge < -0.3 is 10.5 Å². The highest BCUT2D eigenvalue weighted by molar-refractivity contribution is 7.89. The van der Waals surface area contributed by atoms with Crippen molar-refractivity contribution in [1.29, 1.82) is 0 Å². The van der Waals surface area contributed by atoms with Gasteiger partial charge in [-0.2, -0.15) is 4.31 Å². The molecule has 0 spiro atoms. The zero-order valence-electron chi connectivity index (χ0n) is 11.0. The van der Waals surface area contributed by atoms with Gasteiger partial charge in [0, 0.05) is 20.2 Å². The van der Waals surface area contributed by atoms with Crippen molar-refractivity contribution >= 4 is 38.9 Å². The lowest BCUT2D eigenvalue weighted by Gasteiger charge is -2.30. The van der Waals surface area contributed by atoms with Crippen LogP contribution in [0.1, 0.15) is 12.8 Å². The molecule has 112 valence electrons. The maximum absolute atomic E-state index is 12.6. The van der Waals surface area contributed by atoms with Crippen LogP contribution in [0.5, 0.6) is 0 Å². The van der Waals surface area contributed by atoms with Crippen LogP contribution in [0.15, 0.2) is 17.0 Å². The van der Waals surface area contributed by atoms with Crippen LogP contribution in [0.2, 0.25) is 10.0 Å². The van der Waals surface area contributed by atoms with Crippen LogP contribution in [0, 0.1) is 0 Å². The Morgan fingerprint density at radius 3 is 2.45 bits per heavy atom. The lowest BCUT2D eigenvalue weighted by Crippen LogP contribution is -2.40. The number of rotatable bonds is 3. The third kappa shape index (κ3) is 2.89. The SMILES string of the molecule is COC1CCN(S(=O)(=O)c2ccc(Cl)c(N)c2Cl)CC1. The Kier molecular flexibility index (Phi) is 4.81. The fourth-order valence-electron chi connectivity index (χ4n) is 2.20. The molecule has 1 saturated heterocycles.